The molecule has 0 radical (unpaired) electrons. The number of nitro groups is 1. The fraction of sp³-hybridized carbons (Fsp3) is 0.111. The van der Waals surface area contributed by atoms with Gasteiger partial charge in [0.15, 0.2) is 0 Å². The van der Waals surface area contributed by atoms with Crippen molar-refractivity contribution in [2.75, 3.05) is 6.26 Å². The molecule has 4 heteroatoms. The van der Waals surface area contributed by atoms with Gasteiger partial charge in [-0.25, -0.2) is 0 Å². The normalized spacial score (nSPS) is 10.5. The highest BCUT2D eigenvalue weighted by Gasteiger charge is 1.92. The van der Waals surface area contributed by atoms with Crippen LogP contribution in [-0.4, -0.2) is 11.2 Å². The molecule has 1 aromatic carbocycles. The van der Waals surface area contributed by atoms with E-state index in [1.807, 2.05) is 30.5 Å². The van der Waals surface area contributed by atoms with E-state index in [0.29, 0.717) is 0 Å². The summed E-state index contributed by atoms with van der Waals surface area (Å²) in [6, 6.07) is 7.59. The summed E-state index contributed by atoms with van der Waals surface area (Å²) in [5.41, 5.74) is 0.851. The Morgan fingerprint density at radius 1 is 1.54 bits per heavy atom. The van der Waals surface area contributed by atoms with Crippen molar-refractivity contribution in [3.63, 3.8) is 0 Å². The Hall–Kier alpha value is -1.29. The van der Waals surface area contributed by atoms with Crippen LogP contribution in [0, 0.1) is 10.1 Å². The van der Waals surface area contributed by atoms with Crippen molar-refractivity contribution in [2.45, 2.75) is 4.90 Å². The molecule has 0 spiro atoms. The highest BCUT2D eigenvalue weighted by Crippen LogP contribution is 2.16. The zero-order chi connectivity index (χ0) is 9.68. The Morgan fingerprint density at radius 2 is 2.31 bits per heavy atom. The summed E-state index contributed by atoms with van der Waals surface area (Å²) >= 11 is 1.61. The molecule has 1 aromatic rings. The van der Waals surface area contributed by atoms with Crippen molar-refractivity contribution in [1.82, 2.24) is 0 Å². The van der Waals surface area contributed by atoms with Gasteiger partial charge in [-0.3, -0.25) is 10.1 Å². The molecule has 13 heavy (non-hydrogen) atoms. The maximum absolute atomic E-state index is 10.0. The molecule has 68 valence electrons. The van der Waals surface area contributed by atoms with Crippen molar-refractivity contribution in [3.05, 3.63) is 46.1 Å². The first-order valence-corrected chi connectivity index (χ1v) is 4.90. The molecule has 0 heterocycles. The van der Waals surface area contributed by atoms with Crippen LogP contribution in [-0.2, 0) is 0 Å². The van der Waals surface area contributed by atoms with Crippen LogP contribution in [0.25, 0.3) is 6.08 Å². The molecule has 0 N–H and O–H groups in total. The van der Waals surface area contributed by atoms with Gasteiger partial charge in [0.25, 0.3) is 0 Å². The van der Waals surface area contributed by atoms with E-state index in [-0.39, 0.29) is 0 Å². The Labute approximate surface area is 80.6 Å². The highest BCUT2D eigenvalue weighted by atomic mass is 32.2. The van der Waals surface area contributed by atoms with E-state index < -0.39 is 4.92 Å². The predicted octanol–water partition coefficient (Wildman–Crippen LogP) is 2.66. The first kappa shape index (κ1) is 9.80. The van der Waals surface area contributed by atoms with Gasteiger partial charge in [0.05, 0.1) is 4.92 Å². The van der Waals surface area contributed by atoms with E-state index in [9.17, 15) is 10.1 Å². The average molecular weight is 195 g/mol. The van der Waals surface area contributed by atoms with Gasteiger partial charge in [-0.2, -0.15) is 0 Å². The third-order valence-electron chi connectivity index (χ3n) is 1.48. The standard InChI is InChI=1S/C9H9NO2S/c1-13-9-4-2-3-8(7-9)5-6-10(11)12/h2-7H,1H3/b6-5+. The van der Waals surface area contributed by atoms with Gasteiger partial charge in [0, 0.05) is 11.0 Å². The molecule has 0 atom stereocenters. The first-order chi connectivity index (χ1) is 6.22. The topological polar surface area (TPSA) is 43.1 Å². The van der Waals surface area contributed by atoms with E-state index in [2.05, 4.69) is 0 Å². The molecule has 0 unspecified atom stereocenters. The van der Waals surface area contributed by atoms with Crippen LogP contribution in [0.3, 0.4) is 0 Å². The molecular weight excluding hydrogens is 186 g/mol. The molecule has 0 aliphatic heterocycles. The number of nitrogens with zero attached hydrogens (tertiary/aromatic N) is 1. The predicted molar refractivity (Wildman–Crippen MR) is 54.3 cm³/mol. The van der Waals surface area contributed by atoms with Gasteiger partial charge in [-0.05, 0) is 24.0 Å². The molecule has 3 nitrogen and oxygen atoms in total. The zero-order valence-electron chi connectivity index (χ0n) is 7.14. The van der Waals surface area contributed by atoms with Crippen molar-refractivity contribution < 1.29 is 4.92 Å². The van der Waals surface area contributed by atoms with E-state index in [4.69, 9.17) is 0 Å². The molecule has 0 saturated carbocycles. The van der Waals surface area contributed by atoms with Gasteiger partial charge in [0.1, 0.15) is 0 Å². The summed E-state index contributed by atoms with van der Waals surface area (Å²) in [6.45, 7) is 0. The number of hydrogen-bond donors (Lipinski definition) is 0. The summed E-state index contributed by atoms with van der Waals surface area (Å²) in [4.78, 5) is 10.7. The molecule has 0 saturated heterocycles. The van der Waals surface area contributed by atoms with Crippen LogP contribution >= 0.6 is 11.8 Å². The number of rotatable bonds is 3. The fourth-order valence-electron chi connectivity index (χ4n) is 0.892. The second kappa shape index (κ2) is 4.67. The Balaban J connectivity index is 2.83. The molecule has 0 aliphatic carbocycles. The molecule has 0 amide bonds. The second-order valence-electron chi connectivity index (χ2n) is 2.38. The summed E-state index contributed by atoms with van der Waals surface area (Å²) in [5, 5.41) is 10.0. The Kier molecular flexibility index (Phi) is 3.52. The van der Waals surface area contributed by atoms with Crippen molar-refractivity contribution in [1.29, 1.82) is 0 Å². The van der Waals surface area contributed by atoms with Gasteiger partial charge in [-0.1, -0.05) is 12.1 Å². The third kappa shape index (κ3) is 3.29. The van der Waals surface area contributed by atoms with Gasteiger partial charge in [0.2, 0.25) is 6.20 Å². The van der Waals surface area contributed by atoms with Crippen LogP contribution < -0.4 is 0 Å². The molecule has 1 rings (SSSR count). The van der Waals surface area contributed by atoms with Crippen molar-refractivity contribution in [2.24, 2.45) is 0 Å². The first-order valence-electron chi connectivity index (χ1n) is 3.68. The summed E-state index contributed by atoms with van der Waals surface area (Å²) in [6.07, 6.45) is 4.40. The highest BCUT2D eigenvalue weighted by molar-refractivity contribution is 7.98. The van der Waals surface area contributed by atoms with Crippen LogP contribution in [0.5, 0.6) is 0 Å². The van der Waals surface area contributed by atoms with Crippen molar-refractivity contribution >= 4 is 17.8 Å². The minimum Gasteiger partial charge on any atom is -0.259 e. The number of thioether (sulfide) groups is 1. The molecule has 0 fully saturated rings. The molecular formula is C9H9NO2S. The average Bonchev–Trinajstić information content (AvgIpc) is 2.15. The quantitative estimate of drug-likeness (QED) is 0.423. The lowest BCUT2D eigenvalue weighted by Crippen LogP contribution is -1.82. The molecule has 0 bridgehead atoms. The van der Waals surface area contributed by atoms with Crippen LogP contribution in [0.2, 0.25) is 0 Å². The smallest absolute Gasteiger partial charge is 0.235 e. The molecule has 0 aromatic heterocycles. The van der Waals surface area contributed by atoms with E-state index in [1.165, 1.54) is 6.08 Å². The number of hydrogen-bond acceptors (Lipinski definition) is 3. The summed E-state index contributed by atoms with van der Waals surface area (Å²) in [7, 11) is 0. The minimum absolute atomic E-state index is 0.467. The van der Waals surface area contributed by atoms with Crippen LogP contribution in [0.4, 0.5) is 0 Å². The Bertz CT molecular complexity index is 336. The monoisotopic (exact) mass is 195 g/mol. The second-order valence-corrected chi connectivity index (χ2v) is 3.26. The van der Waals surface area contributed by atoms with Crippen LogP contribution in [0.1, 0.15) is 5.56 Å². The van der Waals surface area contributed by atoms with E-state index >= 15 is 0 Å². The van der Waals surface area contributed by atoms with Crippen LogP contribution in [0.15, 0.2) is 35.4 Å². The van der Waals surface area contributed by atoms with Gasteiger partial charge < -0.3 is 0 Å². The largest absolute Gasteiger partial charge is 0.259 e. The van der Waals surface area contributed by atoms with Gasteiger partial charge >= 0.3 is 0 Å². The zero-order valence-corrected chi connectivity index (χ0v) is 7.95. The maximum atomic E-state index is 10.0. The molecule has 0 aliphatic rings. The van der Waals surface area contributed by atoms with E-state index in [1.54, 1.807) is 11.8 Å². The van der Waals surface area contributed by atoms with Crippen molar-refractivity contribution in [3.8, 4) is 0 Å². The lowest BCUT2D eigenvalue weighted by molar-refractivity contribution is -0.400. The lowest BCUT2D eigenvalue weighted by Gasteiger charge is -1.95. The summed E-state index contributed by atoms with van der Waals surface area (Å²) in [5.74, 6) is 0. The van der Waals surface area contributed by atoms with Gasteiger partial charge in [-0.15, -0.1) is 11.8 Å². The minimum atomic E-state index is -0.467. The Morgan fingerprint density at radius 3 is 2.92 bits per heavy atom. The van der Waals surface area contributed by atoms with E-state index in [0.717, 1.165) is 16.7 Å². The lowest BCUT2D eigenvalue weighted by atomic mass is 10.2. The fourth-order valence-corrected chi connectivity index (χ4v) is 1.36. The SMILES string of the molecule is CSc1cccc(/C=C/[N+](=O)[O-])c1. The third-order valence-corrected chi connectivity index (χ3v) is 2.21. The summed E-state index contributed by atoms with van der Waals surface area (Å²) < 4.78 is 0. The number of benzene rings is 1. The maximum Gasteiger partial charge on any atom is 0.235 e.